The Hall–Kier alpha value is -1.83. The number of carbonyl (C=O) groups is 1. The van der Waals surface area contributed by atoms with Gasteiger partial charge < -0.3 is 5.32 Å². The van der Waals surface area contributed by atoms with Crippen molar-refractivity contribution < 1.29 is 4.79 Å². The van der Waals surface area contributed by atoms with Crippen molar-refractivity contribution in [1.29, 1.82) is 5.26 Å². The fourth-order valence-electron chi connectivity index (χ4n) is 1.51. The summed E-state index contributed by atoms with van der Waals surface area (Å²) in [6.07, 6.45) is 1.53. The van der Waals surface area contributed by atoms with E-state index in [-0.39, 0.29) is 5.91 Å². The van der Waals surface area contributed by atoms with Crippen molar-refractivity contribution in [2.75, 3.05) is 0 Å². The molecule has 1 heterocycles. The molecule has 1 amide bonds. The van der Waals surface area contributed by atoms with Gasteiger partial charge in [-0.1, -0.05) is 13.3 Å². The zero-order chi connectivity index (χ0) is 12.1. The molecule has 5 nitrogen and oxygen atoms in total. The first-order chi connectivity index (χ1) is 7.58. The van der Waals surface area contributed by atoms with Crippen LogP contribution in [-0.4, -0.2) is 21.7 Å². The maximum atomic E-state index is 11.8. The highest BCUT2D eigenvalue weighted by atomic mass is 16.2. The number of hydrogen-bond acceptors (Lipinski definition) is 3. The molecular formula is C11H16N4O. The summed E-state index contributed by atoms with van der Waals surface area (Å²) in [5.41, 5.74) is 1.27. The van der Waals surface area contributed by atoms with Crippen LogP contribution in [0.2, 0.25) is 0 Å². The Labute approximate surface area is 95.1 Å². The van der Waals surface area contributed by atoms with Gasteiger partial charge in [0.05, 0.1) is 11.8 Å². The van der Waals surface area contributed by atoms with E-state index in [1.54, 1.807) is 13.1 Å². The van der Waals surface area contributed by atoms with Crippen LogP contribution in [0.15, 0.2) is 6.07 Å². The van der Waals surface area contributed by atoms with E-state index in [0.717, 1.165) is 12.1 Å². The van der Waals surface area contributed by atoms with Gasteiger partial charge in [0.25, 0.3) is 5.91 Å². The van der Waals surface area contributed by atoms with Crippen LogP contribution in [0.3, 0.4) is 0 Å². The van der Waals surface area contributed by atoms with E-state index < -0.39 is 6.04 Å². The molecule has 1 atom stereocenters. The largest absolute Gasteiger partial charge is 0.335 e. The van der Waals surface area contributed by atoms with Crippen molar-refractivity contribution in [2.24, 2.45) is 7.05 Å². The van der Waals surface area contributed by atoms with Gasteiger partial charge in [-0.15, -0.1) is 0 Å². The number of rotatable bonds is 4. The second-order valence-corrected chi connectivity index (χ2v) is 3.74. The number of carbonyl (C=O) groups excluding carboxylic acids is 1. The molecule has 0 bridgehead atoms. The highest BCUT2D eigenvalue weighted by Crippen LogP contribution is 2.03. The normalized spacial score (nSPS) is 11.9. The van der Waals surface area contributed by atoms with Crippen LogP contribution in [0.4, 0.5) is 0 Å². The highest BCUT2D eigenvalue weighted by molar-refractivity contribution is 5.93. The maximum Gasteiger partial charge on any atom is 0.270 e. The highest BCUT2D eigenvalue weighted by Gasteiger charge is 2.15. The third-order valence-electron chi connectivity index (χ3n) is 2.27. The van der Waals surface area contributed by atoms with E-state index in [0.29, 0.717) is 12.1 Å². The molecular weight excluding hydrogens is 204 g/mol. The van der Waals surface area contributed by atoms with E-state index in [4.69, 9.17) is 5.26 Å². The Kier molecular flexibility index (Phi) is 4.06. The van der Waals surface area contributed by atoms with Crippen molar-refractivity contribution >= 4 is 5.91 Å². The van der Waals surface area contributed by atoms with Crippen molar-refractivity contribution in [3.63, 3.8) is 0 Å². The molecule has 0 fully saturated rings. The molecule has 1 rings (SSSR count). The zero-order valence-electron chi connectivity index (χ0n) is 9.82. The summed E-state index contributed by atoms with van der Waals surface area (Å²) in [6.45, 7) is 3.80. The Bertz CT molecular complexity index is 416. The molecule has 1 unspecified atom stereocenters. The molecule has 1 aromatic heterocycles. The molecule has 1 aromatic rings. The van der Waals surface area contributed by atoms with Gasteiger partial charge in [-0.3, -0.25) is 9.48 Å². The summed E-state index contributed by atoms with van der Waals surface area (Å²) < 4.78 is 1.52. The quantitative estimate of drug-likeness (QED) is 0.827. The number of nitriles is 1. The standard InChI is InChI=1S/C11H16N4O/c1-4-5-9(7-12)13-11(16)10-6-8(2)14-15(10)3/h6,9H,4-5H2,1-3H3,(H,13,16). The minimum Gasteiger partial charge on any atom is -0.335 e. The number of nitrogens with zero attached hydrogens (tertiary/aromatic N) is 3. The predicted octanol–water partition coefficient (Wildman–Crippen LogP) is 1.15. The van der Waals surface area contributed by atoms with Gasteiger partial charge in [0.2, 0.25) is 0 Å². The average molecular weight is 220 g/mol. The minimum atomic E-state index is -0.423. The van der Waals surface area contributed by atoms with Gasteiger partial charge in [-0.05, 0) is 19.4 Å². The number of aromatic nitrogens is 2. The average Bonchev–Trinajstić information content (AvgIpc) is 2.57. The molecule has 0 spiro atoms. The van der Waals surface area contributed by atoms with Crippen LogP contribution in [-0.2, 0) is 7.05 Å². The van der Waals surface area contributed by atoms with Crippen LogP contribution >= 0.6 is 0 Å². The Balaban J connectivity index is 2.72. The van der Waals surface area contributed by atoms with Crippen molar-refractivity contribution in [3.8, 4) is 6.07 Å². The number of hydrogen-bond donors (Lipinski definition) is 1. The van der Waals surface area contributed by atoms with Crippen LogP contribution in [0.1, 0.15) is 35.9 Å². The Morgan fingerprint density at radius 3 is 2.88 bits per heavy atom. The summed E-state index contributed by atoms with van der Waals surface area (Å²) in [7, 11) is 1.71. The maximum absolute atomic E-state index is 11.8. The summed E-state index contributed by atoms with van der Waals surface area (Å²) >= 11 is 0. The van der Waals surface area contributed by atoms with Crippen molar-refractivity contribution in [3.05, 3.63) is 17.5 Å². The molecule has 16 heavy (non-hydrogen) atoms. The summed E-state index contributed by atoms with van der Waals surface area (Å²) in [5.74, 6) is -0.247. The predicted molar refractivity (Wildman–Crippen MR) is 59.7 cm³/mol. The molecule has 1 N–H and O–H groups in total. The first kappa shape index (κ1) is 12.2. The van der Waals surface area contributed by atoms with Gasteiger partial charge in [0.1, 0.15) is 11.7 Å². The van der Waals surface area contributed by atoms with Gasteiger partial charge >= 0.3 is 0 Å². The monoisotopic (exact) mass is 220 g/mol. The van der Waals surface area contributed by atoms with Gasteiger partial charge in [0, 0.05) is 7.05 Å². The molecule has 0 aromatic carbocycles. The third-order valence-corrected chi connectivity index (χ3v) is 2.27. The van der Waals surface area contributed by atoms with E-state index in [9.17, 15) is 4.79 Å². The van der Waals surface area contributed by atoms with Gasteiger partial charge in [-0.25, -0.2) is 0 Å². The SMILES string of the molecule is CCCC(C#N)NC(=O)c1cc(C)nn1C. The van der Waals surface area contributed by atoms with E-state index in [1.165, 1.54) is 4.68 Å². The molecule has 5 heteroatoms. The minimum absolute atomic E-state index is 0.247. The first-order valence-corrected chi connectivity index (χ1v) is 5.29. The number of aryl methyl sites for hydroxylation is 2. The van der Waals surface area contributed by atoms with Crippen molar-refractivity contribution in [1.82, 2.24) is 15.1 Å². The molecule has 0 aliphatic rings. The zero-order valence-corrected chi connectivity index (χ0v) is 9.82. The number of nitrogens with one attached hydrogen (secondary N) is 1. The lowest BCUT2D eigenvalue weighted by atomic mass is 10.2. The molecule has 0 radical (unpaired) electrons. The molecule has 0 saturated heterocycles. The van der Waals surface area contributed by atoms with Crippen LogP contribution < -0.4 is 5.32 Å². The second kappa shape index (κ2) is 5.31. The smallest absolute Gasteiger partial charge is 0.270 e. The lowest BCUT2D eigenvalue weighted by molar-refractivity contribution is 0.0934. The summed E-state index contributed by atoms with van der Waals surface area (Å²) in [4.78, 5) is 11.8. The summed E-state index contributed by atoms with van der Waals surface area (Å²) in [6, 6.07) is 3.35. The fourth-order valence-corrected chi connectivity index (χ4v) is 1.51. The molecule has 0 aliphatic carbocycles. The van der Waals surface area contributed by atoms with Gasteiger partial charge in [0.15, 0.2) is 0 Å². The number of amides is 1. The second-order valence-electron chi connectivity index (χ2n) is 3.74. The first-order valence-electron chi connectivity index (χ1n) is 5.29. The topological polar surface area (TPSA) is 70.7 Å². The molecule has 0 aliphatic heterocycles. The van der Waals surface area contributed by atoms with Crippen molar-refractivity contribution in [2.45, 2.75) is 32.7 Å². The fraction of sp³-hybridized carbons (Fsp3) is 0.545. The Morgan fingerprint density at radius 2 is 2.44 bits per heavy atom. The van der Waals surface area contributed by atoms with E-state index in [1.807, 2.05) is 13.8 Å². The van der Waals surface area contributed by atoms with E-state index >= 15 is 0 Å². The van der Waals surface area contributed by atoms with Gasteiger partial charge in [-0.2, -0.15) is 10.4 Å². The van der Waals surface area contributed by atoms with Crippen LogP contribution in [0.25, 0.3) is 0 Å². The van der Waals surface area contributed by atoms with Crippen LogP contribution in [0.5, 0.6) is 0 Å². The van der Waals surface area contributed by atoms with Crippen LogP contribution in [0, 0.1) is 18.3 Å². The Morgan fingerprint density at radius 1 is 1.75 bits per heavy atom. The summed E-state index contributed by atoms with van der Waals surface area (Å²) in [5, 5.41) is 15.6. The third kappa shape index (κ3) is 2.83. The molecule has 0 saturated carbocycles. The molecule has 86 valence electrons. The lowest BCUT2D eigenvalue weighted by Crippen LogP contribution is -2.34. The van der Waals surface area contributed by atoms with E-state index in [2.05, 4.69) is 16.5 Å². The lowest BCUT2D eigenvalue weighted by Gasteiger charge is -2.09.